The van der Waals surface area contributed by atoms with Crippen LogP contribution in [0.25, 0.3) is 0 Å². The van der Waals surface area contributed by atoms with Gasteiger partial charge in [-0.2, -0.15) is 0 Å². The highest BCUT2D eigenvalue weighted by molar-refractivity contribution is 5.94. The Morgan fingerprint density at radius 3 is 2.38 bits per heavy atom. The third kappa shape index (κ3) is 0.641. The number of carbonyl (C=O) groups excluding carboxylic acids is 2. The lowest BCUT2D eigenvalue weighted by atomic mass is 10.4. The summed E-state index contributed by atoms with van der Waals surface area (Å²) in [4.78, 5) is 20.4. The second kappa shape index (κ2) is 1.47. The van der Waals surface area contributed by atoms with E-state index in [1.165, 1.54) is 0 Å². The van der Waals surface area contributed by atoms with Crippen molar-refractivity contribution in [1.29, 1.82) is 0 Å². The van der Waals surface area contributed by atoms with Crippen LogP contribution in [0.15, 0.2) is 0 Å². The largest absolute Gasteiger partial charge is 0.415 e. The van der Waals surface area contributed by atoms with Crippen LogP contribution in [0, 0.1) is 0 Å². The number of rotatable bonds is 0. The maximum Gasteiger partial charge on any atom is 0.415 e. The van der Waals surface area contributed by atoms with E-state index in [1.54, 1.807) is 6.92 Å². The van der Waals surface area contributed by atoms with Gasteiger partial charge in [0.25, 0.3) is 0 Å². The van der Waals surface area contributed by atoms with Crippen LogP contribution >= 0.6 is 0 Å². The van der Waals surface area contributed by atoms with Crippen molar-refractivity contribution in [3.05, 3.63) is 0 Å². The second-order valence-electron chi connectivity index (χ2n) is 1.57. The number of alkyl carbamates (subject to hydrolysis) is 1. The van der Waals surface area contributed by atoms with E-state index in [4.69, 9.17) is 0 Å². The summed E-state index contributed by atoms with van der Waals surface area (Å²) in [6.07, 6.45) is -0.650. The molecular weight excluding hydrogens is 110 g/mol. The maximum absolute atomic E-state index is 10.3. The molecule has 8 heavy (non-hydrogen) atoms. The molecular formula is C4H5NO3. The molecule has 44 valence electrons. The quantitative estimate of drug-likeness (QED) is 0.346. The summed E-state index contributed by atoms with van der Waals surface area (Å²) in [5, 5.41) is 2.26. The number of carbonyl (C=O) groups is 2. The Kier molecular flexibility index (Phi) is 0.932. The average Bonchev–Trinajstić information content (AvgIpc) is 1.85. The second-order valence-corrected chi connectivity index (χ2v) is 1.57. The van der Waals surface area contributed by atoms with Crippen molar-refractivity contribution in [2.45, 2.75) is 13.0 Å². The molecule has 0 saturated carbocycles. The van der Waals surface area contributed by atoms with Crippen LogP contribution in [0.5, 0.6) is 0 Å². The van der Waals surface area contributed by atoms with E-state index in [2.05, 4.69) is 10.1 Å². The Hall–Kier alpha value is -1.06. The number of hydrogen-bond acceptors (Lipinski definition) is 3. The van der Waals surface area contributed by atoms with E-state index in [0.717, 1.165) is 0 Å². The van der Waals surface area contributed by atoms with Gasteiger partial charge in [0.2, 0.25) is 0 Å². The molecule has 1 aliphatic rings. The predicted octanol–water partition coefficient (Wildman–Crippen LogP) is -0.359. The Labute approximate surface area is 45.8 Å². The number of esters is 1. The van der Waals surface area contributed by atoms with Crippen LogP contribution in [0.3, 0.4) is 0 Å². The number of nitrogens with one attached hydrogen (secondary N) is 1. The zero-order valence-corrected chi connectivity index (χ0v) is 4.30. The maximum atomic E-state index is 10.3. The highest BCUT2D eigenvalue weighted by atomic mass is 16.6. The van der Waals surface area contributed by atoms with Gasteiger partial charge in [0.15, 0.2) is 0 Å². The predicted molar refractivity (Wildman–Crippen MR) is 24.1 cm³/mol. The molecule has 0 aromatic rings. The molecule has 0 aliphatic carbocycles. The zero-order valence-electron chi connectivity index (χ0n) is 4.30. The SMILES string of the molecule is C[C@H]1NC(=O)OC1=O. The summed E-state index contributed by atoms with van der Waals surface area (Å²) < 4.78 is 4.08. The van der Waals surface area contributed by atoms with Gasteiger partial charge in [-0.3, -0.25) is 0 Å². The third-order valence-electron chi connectivity index (χ3n) is 0.881. The van der Waals surface area contributed by atoms with E-state index in [9.17, 15) is 9.59 Å². The first-order valence-corrected chi connectivity index (χ1v) is 2.22. The molecule has 1 fully saturated rings. The first kappa shape index (κ1) is 5.08. The van der Waals surface area contributed by atoms with Gasteiger partial charge in [0.1, 0.15) is 6.04 Å². The summed E-state index contributed by atoms with van der Waals surface area (Å²) in [5.74, 6) is -0.505. The monoisotopic (exact) mass is 115 g/mol. The lowest BCUT2D eigenvalue weighted by molar-refractivity contribution is -0.134. The van der Waals surface area contributed by atoms with E-state index >= 15 is 0 Å². The van der Waals surface area contributed by atoms with Crippen molar-refractivity contribution >= 4 is 12.1 Å². The Morgan fingerprint density at radius 1 is 1.62 bits per heavy atom. The van der Waals surface area contributed by atoms with Crippen molar-refractivity contribution in [3.63, 3.8) is 0 Å². The molecule has 1 amide bonds. The minimum absolute atomic E-state index is 0.470. The molecule has 1 atom stereocenters. The van der Waals surface area contributed by atoms with Crippen LogP contribution in [-0.2, 0) is 9.53 Å². The van der Waals surface area contributed by atoms with Crippen molar-refractivity contribution in [2.75, 3.05) is 0 Å². The molecule has 0 unspecified atom stereocenters. The van der Waals surface area contributed by atoms with Gasteiger partial charge in [0, 0.05) is 0 Å². The van der Waals surface area contributed by atoms with Crippen molar-refractivity contribution < 1.29 is 14.3 Å². The molecule has 0 bridgehead atoms. The zero-order chi connectivity index (χ0) is 6.15. The topological polar surface area (TPSA) is 55.4 Å². The molecule has 0 radical (unpaired) electrons. The summed E-state index contributed by atoms with van der Waals surface area (Å²) in [5.41, 5.74) is 0. The van der Waals surface area contributed by atoms with E-state index in [-0.39, 0.29) is 0 Å². The molecule has 4 nitrogen and oxygen atoms in total. The molecule has 1 heterocycles. The molecule has 1 aliphatic heterocycles. The summed E-state index contributed by atoms with van der Waals surface area (Å²) in [6.45, 7) is 1.56. The Morgan fingerprint density at radius 2 is 2.25 bits per heavy atom. The fourth-order valence-corrected chi connectivity index (χ4v) is 0.445. The summed E-state index contributed by atoms with van der Waals surface area (Å²) >= 11 is 0. The Balaban J connectivity index is 2.64. The summed E-state index contributed by atoms with van der Waals surface area (Å²) in [6, 6.07) is -0.470. The van der Waals surface area contributed by atoms with Gasteiger partial charge in [0.05, 0.1) is 0 Å². The fraction of sp³-hybridized carbons (Fsp3) is 0.500. The minimum Gasteiger partial charge on any atom is -0.375 e. The Bertz CT molecular complexity index is 142. The highest BCUT2D eigenvalue weighted by Gasteiger charge is 2.27. The van der Waals surface area contributed by atoms with Crippen LogP contribution in [-0.4, -0.2) is 18.1 Å². The lowest BCUT2D eigenvalue weighted by Gasteiger charge is -1.88. The minimum atomic E-state index is -0.650. The number of amides is 1. The van der Waals surface area contributed by atoms with E-state index < -0.39 is 18.1 Å². The number of hydrogen-bond donors (Lipinski definition) is 1. The van der Waals surface area contributed by atoms with Crippen molar-refractivity contribution in [1.82, 2.24) is 5.32 Å². The van der Waals surface area contributed by atoms with Gasteiger partial charge in [-0.1, -0.05) is 0 Å². The van der Waals surface area contributed by atoms with E-state index in [1.807, 2.05) is 0 Å². The first-order valence-electron chi connectivity index (χ1n) is 2.22. The molecule has 4 heteroatoms. The molecule has 0 aromatic carbocycles. The average molecular weight is 115 g/mol. The third-order valence-corrected chi connectivity index (χ3v) is 0.881. The van der Waals surface area contributed by atoms with Gasteiger partial charge >= 0.3 is 12.1 Å². The van der Waals surface area contributed by atoms with E-state index in [0.29, 0.717) is 0 Å². The van der Waals surface area contributed by atoms with Crippen LogP contribution in [0.2, 0.25) is 0 Å². The van der Waals surface area contributed by atoms with Crippen molar-refractivity contribution in [2.24, 2.45) is 0 Å². The smallest absolute Gasteiger partial charge is 0.375 e. The standard InChI is InChI=1S/C4H5NO3/c1-2-3(6)8-4(7)5-2/h2H,1H3,(H,5,7)/t2-/m1/s1. The molecule has 1 rings (SSSR count). The fourth-order valence-electron chi connectivity index (χ4n) is 0.445. The van der Waals surface area contributed by atoms with Crippen LogP contribution in [0.4, 0.5) is 4.79 Å². The van der Waals surface area contributed by atoms with Crippen molar-refractivity contribution in [3.8, 4) is 0 Å². The van der Waals surface area contributed by atoms with Gasteiger partial charge < -0.3 is 10.1 Å². The van der Waals surface area contributed by atoms with Gasteiger partial charge in [-0.25, -0.2) is 9.59 Å². The van der Waals surface area contributed by atoms with Crippen LogP contribution in [0.1, 0.15) is 6.92 Å². The van der Waals surface area contributed by atoms with Gasteiger partial charge in [-0.05, 0) is 6.92 Å². The highest BCUT2D eigenvalue weighted by Crippen LogP contribution is 1.96. The normalized spacial score (nSPS) is 27.4. The lowest BCUT2D eigenvalue weighted by Crippen LogP contribution is -2.24. The van der Waals surface area contributed by atoms with Crippen LogP contribution < -0.4 is 5.32 Å². The molecule has 1 saturated heterocycles. The van der Waals surface area contributed by atoms with Gasteiger partial charge in [-0.15, -0.1) is 0 Å². The first-order chi connectivity index (χ1) is 3.70. The molecule has 0 spiro atoms. The number of ether oxygens (including phenoxy) is 1. The summed E-state index contributed by atoms with van der Waals surface area (Å²) in [7, 11) is 0. The molecule has 0 aromatic heterocycles. The number of cyclic esters (lactones) is 2. The molecule has 1 N–H and O–H groups in total.